The van der Waals surface area contributed by atoms with E-state index in [1.54, 1.807) is 33.5 Å². The third-order valence-corrected chi connectivity index (χ3v) is 7.00. The molecule has 0 unspecified atom stereocenters. The van der Waals surface area contributed by atoms with E-state index in [9.17, 15) is 9.59 Å². The summed E-state index contributed by atoms with van der Waals surface area (Å²) in [4.78, 5) is 26.4. The van der Waals surface area contributed by atoms with Crippen molar-refractivity contribution in [2.45, 2.75) is 38.8 Å². The maximum absolute atomic E-state index is 12.6. The minimum Gasteiger partial charge on any atom is -0.377 e. The molecule has 1 aromatic rings. The third-order valence-electron chi connectivity index (χ3n) is 4.27. The molecule has 0 aromatic heterocycles. The van der Waals surface area contributed by atoms with Gasteiger partial charge in [-0.2, -0.15) is 0 Å². The van der Waals surface area contributed by atoms with Crippen molar-refractivity contribution in [3.05, 3.63) is 34.9 Å². The lowest BCUT2D eigenvalue weighted by Gasteiger charge is -2.29. The van der Waals surface area contributed by atoms with Crippen molar-refractivity contribution in [3.63, 3.8) is 0 Å². The number of carbonyl (C=O) groups excluding carboxylic acids is 2. The number of hydrogen-bond donors (Lipinski definition) is 0. The van der Waals surface area contributed by atoms with Crippen molar-refractivity contribution in [2.24, 2.45) is 0 Å². The molecule has 7 heteroatoms. The number of imide groups is 1. The lowest BCUT2D eigenvalue weighted by Crippen LogP contribution is -2.45. The van der Waals surface area contributed by atoms with Crippen LogP contribution < -0.4 is 0 Å². The molecule has 1 heterocycles. The number of aryl methyl sites for hydroxylation is 1. The van der Waals surface area contributed by atoms with E-state index in [1.165, 1.54) is 4.90 Å². The quantitative estimate of drug-likeness (QED) is 0.582. The predicted molar refractivity (Wildman–Crippen MR) is 92.0 cm³/mol. The first kappa shape index (κ1) is 18.8. The molecule has 1 aliphatic rings. The first-order chi connectivity index (χ1) is 11.2. The van der Waals surface area contributed by atoms with Crippen LogP contribution in [0.5, 0.6) is 0 Å². The van der Waals surface area contributed by atoms with Crippen LogP contribution in [0.25, 0.3) is 0 Å². The summed E-state index contributed by atoms with van der Waals surface area (Å²) >= 11 is 0. The van der Waals surface area contributed by atoms with E-state index in [-0.39, 0.29) is 11.8 Å². The van der Waals surface area contributed by atoms with Gasteiger partial charge in [0.05, 0.1) is 11.1 Å². The van der Waals surface area contributed by atoms with E-state index in [0.29, 0.717) is 23.6 Å². The fourth-order valence-corrected chi connectivity index (χ4v) is 4.61. The summed E-state index contributed by atoms with van der Waals surface area (Å²) in [7, 11) is 2.06. The predicted octanol–water partition coefficient (Wildman–Crippen LogP) is 2.50. The fourth-order valence-electron chi connectivity index (χ4n) is 2.91. The molecule has 24 heavy (non-hydrogen) atoms. The number of nitrogens with zero attached hydrogens (tertiary/aromatic N) is 1. The second kappa shape index (κ2) is 6.76. The monoisotopic (exact) mass is 351 g/mol. The molecule has 0 bridgehead atoms. The zero-order valence-corrected chi connectivity index (χ0v) is 16.1. The average molecular weight is 351 g/mol. The molecule has 132 valence electrons. The second-order valence-corrected chi connectivity index (χ2v) is 9.88. The molecule has 0 saturated heterocycles. The van der Waals surface area contributed by atoms with Crippen molar-refractivity contribution >= 4 is 20.6 Å². The van der Waals surface area contributed by atoms with Gasteiger partial charge in [0, 0.05) is 32.9 Å². The largest absolute Gasteiger partial charge is 0.500 e. The molecule has 2 rings (SSSR count). The smallest absolute Gasteiger partial charge is 0.377 e. The van der Waals surface area contributed by atoms with Gasteiger partial charge in [0.25, 0.3) is 11.8 Å². The minimum absolute atomic E-state index is 0.233. The highest BCUT2D eigenvalue weighted by Gasteiger charge is 2.42. The van der Waals surface area contributed by atoms with Crippen LogP contribution in [0, 0.1) is 0 Å². The highest BCUT2D eigenvalue weighted by molar-refractivity contribution is 6.60. The maximum atomic E-state index is 12.6. The summed E-state index contributed by atoms with van der Waals surface area (Å²) in [5.41, 5.74) is 1.34. The van der Waals surface area contributed by atoms with Gasteiger partial charge in [0.15, 0.2) is 0 Å². The molecule has 0 atom stereocenters. The Kier molecular flexibility index (Phi) is 5.29. The Morgan fingerprint density at radius 2 is 1.50 bits per heavy atom. The number of rotatable bonds is 6. The number of hydrogen-bond acceptors (Lipinski definition) is 5. The Labute approximate surface area is 144 Å². The van der Waals surface area contributed by atoms with E-state index in [1.807, 2.05) is 26.8 Å². The van der Waals surface area contributed by atoms with Crippen LogP contribution in [0.15, 0.2) is 18.2 Å². The molecule has 0 spiro atoms. The standard InChI is InChI=1S/C17H25NO5Si/c1-17(2,3)18-15(19)13-8-7-12(11-14(13)16(18)20)9-10-24(21-4,22-5)23-6/h7-8,11H,9-10H2,1-6H3. The van der Waals surface area contributed by atoms with Crippen LogP contribution in [0.1, 0.15) is 47.1 Å². The van der Waals surface area contributed by atoms with E-state index < -0.39 is 14.3 Å². The van der Waals surface area contributed by atoms with Gasteiger partial charge in [0.1, 0.15) is 0 Å². The van der Waals surface area contributed by atoms with Crippen molar-refractivity contribution in [3.8, 4) is 0 Å². The number of amides is 2. The van der Waals surface area contributed by atoms with Gasteiger partial charge < -0.3 is 13.3 Å². The molecule has 1 aromatic carbocycles. The van der Waals surface area contributed by atoms with Crippen molar-refractivity contribution in [1.82, 2.24) is 4.90 Å². The lowest BCUT2D eigenvalue weighted by atomic mass is 10.0. The maximum Gasteiger partial charge on any atom is 0.500 e. The molecule has 0 saturated carbocycles. The van der Waals surface area contributed by atoms with Crippen molar-refractivity contribution in [1.29, 1.82) is 0 Å². The van der Waals surface area contributed by atoms with E-state index in [2.05, 4.69) is 0 Å². The highest BCUT2D eigenvalue weighted by Crippen LogP contribution is 2.30. The van der Waals surface area contributed by atoms with E-state index in [4.69, 9.17) is 13.3 Å². The van der Waals surface area contributed by atoms with Gasteiger partial charge in [-0.15, -0.1) is 0 Å². The summed E-state index contributed by atoms with van der Waals surface area (Å²) in [6.45, 7) is 5.56. The SMILES string of the molecule is CO[Si](CCc1ccc2c(c1)C(=O)N(C(C)(C)C)C2=O)(OC)OC. The van der Waals surface area contributed by atoms with E-state index >= 15 is 0 Å². The van der Waals surface area contributed by atoms with Crippen LogP contribution in [-0.2, 0) is 19.7 Å². The Hall–Kier alpha value is -1.54. The van der Waals surface area contributed by atoms with Crippen LogP contribution in [0.4, 0.5) is 0 Å². The topological polar surface area (TPSA) is 65.1 Å². The number of fused-ring (bicyclic) bond motifs is 1. The van der Waals surface area contributed by atoms with Gasteiger partial charge in [-0.1, -0.05) is 6.07 Å². The summed E-state index contributed by atoms with van der Waals surface area (Å²) < 4.78 is 16.2. The number of carbonyl (C=O) groups is 2. The summed E-state index contributed by atoms with van der Waals surface area (Å²) in [6, 6.07) is 5.99. The summed E-state index contributed by atoms with van der Waals surface area (Å²) in [6.07, 6.45) is 0.645. The molecule has 6 nitrogen and oxygen atoms in total. The van der Waals surface area contributed by atoms with Gasteiger partial charge in [-0.05, 0) is 44.9 Å². The summed E-state index contributed by atoms with van der Waals surface area (Å²) in [5.74, 6) is -0.471. The molecule has 0 N–H and O–H groups in total. The van der Waals surface area contributed by atoms with Crippen LogP contribution in [0.2, 0.25) is 6.04 Å². The van der Waals surface area contributed by atoms with Crippen LogP contribution in [0.3, 0.4) is 0 Å². The van der Waals surface area contributed by atoms with Gasteiger partial charge in [-0.3, -0.25) is 14.5 Å². The summed E-state index contributed by atoms with van der Waals surface area (Å²) in [5, 5.41) is 0. The van der Waals surface area contributed by atoms with E-state index in [0.717, 1.165) is 5.56 Å². The first-order valence-corrected chi connectivity index (χ1v) is 9.79. The zero-order valence-electron chi connectivity index (χ0n) is 15.1. The Morgan fingerprint density at radius 1 is 0.958 bits per heavy atom. The first-order valence-electron chi connectivity index (χ1n) is 7.86. The molecular weight excluding hydrogens is 326 g/mol. The molecule has 1 aliphatic heterocycles. The van der Waals surface area contributed by atoms with Gasteiger partial charge >= 0.3 is 8.80 Å². The number of benzene rings is 1. The molecule has 2 amide bonds. The minimum atomic E-state index is -2.66. The Bertz CT molecular complexity index is 641. The molecule has 0 aliphatic carbocycles. The Morgan fingerprint density at radius 3 is 2.00 bits per heavy atom. The lowest BCUT2D eigenvalue weighted by molar-refractivity contribution is 0.0507. The molecular formula is C17H25NO5Si. The molecule has 0 fully saturated rings. The fraction of sp³-hybridized carbons (Fsp3) is 0.529. The van der Waals surface area contributed by atoms with Crippen molar-refractivity contribution < 1.29 is 22.9 Å². The van der Waals surface area contributed by atoms with Crippen LogP contribution in [-0.4, -0.2) is 52.4 Å². The van der Waals surface area contributed by atoms with Gasteiger partial charge in [0.2, 0.25) is 0 Å². The third kappa shape index (κ3) is 3.30. The normalized spacial score (nSPS) is 15.2. The Balaban J connectivity index is 2.24. The zero-order chi connectivity index (χ0) is 18.1. The second-order valence-electron chi connectivity index (χ2n) is 6.79. The van der Waals surface area contributed by atoms with Crippen LogP contribution >= 0.6 is 0 Å². The van der Waals surface area contributed by atoms with Gasteiger partial charge in [-0.25, -0.2) is 0 Å². The van der Waals surface area contributed by atoms with Crippen molar-refractivity contribution in [2.75, 3.05) is 21.3 Å². The highest BCUT2D eigenvalue weighted by atomic mass is 28.4. The molecule has 0 radical (unpaired) electrons. The average Bonchev–Trinajstić information content (AvgIpc) is 2.80.